The predicted molar refractivity (Wildman–Crippen MR) is 103 cm³/mol. The molecule has 0 bridgehead atoms. The minimum absolute atomic E-state index is 0.186. The molecule has 0 spiro atoms. The van der Waals surface area contributed by atoms with Crippen molar-refractivity contribution in [2.75, 3.05) is 32.8 Å². The first-order chi connectivity index (χ1) is 12.6. The largest absolute Gasteiger partial charge is 0.326 e. The van der Waals surface area contributed by atoms with E-state index in [2.05, 4.69) is 5.32 Å². The Kier molecular flexibility index (Phi) is 5.62. The molecule has 1 N–H and O–H groups in total. The highest BCUT2D eigenvalue weighted by Gasteiger charge is 2.48. The fourth-order valence-electron chi connectivity index (χ4n) is 3.68. The number of amides is 3. The molecule has 3 amide bonds. The second kappa shape index (κ2) is 7.50. The van der Waals surface area contributed by atoms with Gasteiger partial charge in [0.05, 0.1) is 6.67 Å². The Morgan fingerprint density at radius 3 is 2.44 bits per heavy atom. The fraction of sp³-hybridized carbons (Fsp3) is 0.647. The third-order valence-electron chi connectivity index (χ3n) is 4.92. The highest BCUT2D eigenvalue weighted by atomic mass is 32.2. The smallest absolute Gasteiger partial charge is 0.323 e. The number of sulfonamides is 1. The normalized spacial score (nSPS) is 25.4. The zero-order chi connectivity index (χ0) is 19.8. The molecule has 1 aromatic rings. The van der Waals surface area contributed by atoms with E-state index in [1.165, 1.54) is 20.5 Å². The molecule has 1 unspecified atom stereocenters. The summed E-state index contributed by atoms with van der Waals surface area (Å²) in [5.74, 6) is 0.0695. The summed E-state index contributed by atoms with van der Waals surface area (Å²) in [4.78, 5) is 28.2. The van der Waals surface area contributed by atoms with Crippen molar-refractivity contribution in [3.05, 3.63) is 17.5 Å². The van der Waals surface area contributed by atoms with Crippen LogP contribution in [0.25, 0.3) is 0 Å². The maximum Gasteiger partial charge on any atom is 0.326 e. The van der Waals surface area contributed by atoms with Crippen LogP contribution in [0.15, 0.2) is 21.7 Å². The van der Waals surface area contributed by atoms with Crippen molar-refractivity contribution in [3.63, 3.8) is 0 Å². The summed E-state index contributed by atoms with van der Waals surface area (Å²) < 4.78 is 27.0. The first-order valence-corrected chi connectivity index (χ1v) is 11.4. The van der Waals surface area contributed by atoms with Gasteiger partial charge in [-0.15, -0.1) is 11.3 Å². The van der Waals surface area contributed by atoms with Crippen molar-refractivity contribution in [3.8, 4) is 0 Å². The summed E-state index contributed by atoms with van der Waals surface area (Å²) in [7, 11) is -3.46. The van der Waals surface area contributed by atoms with Crippen molar-refractivity contribution >= 4 is 33.3 Å². The van der Waals surface area contributed by atoms with Crippen LogP contribution in [0.5, 0.6) is 0 Å². The van der Waals surface area contributed by atoms with Crippen molar-refractivity contribution in [2.45, 2.75) is 36.9 Å². The number of nitrogens with one attached hydrogen (secondary N) is 1. The van der Waals surface area contributed by atoms with Crippen LogP contribution in [-0.4, -0.2) is 72.8 Å². The number of carbonyl (C=O) groups excluding carboxylic acids is 2. The Hall–Kier alpha value is -1.49. The van der Waals surface area contributed by atoms with E-state index in [4.69, 9.17) is 0 Å². The van der Waals surface area contributed by atoms with E-state index in [0.717, 1.165) is 0 Å². The molecule has 27 heavy (non-hydrogen) atoms. The summed E-state index contributed by atoms with van der Waals surface area (Å²) in [6, 6.07) is 2.95. The van der Waals surface area contributed by atoms with Crippen LogP contribution in [0.2, 0.25) is 0 Å². The monoisotopic (exact) mass is 414 g/mol. The molecule has 2 saturated heterocycles. The highest BCUT2D eigenvalue weighted by molar-refractivity contribution is 7.91. The Morgan fingerprint density at radius 2 is 1.89 bits per heavy atom. The van der Waals surface area contributed by atoms with Gasteiger partial charge in [0.15, 0.2) is 0 Å². The Labute approximate surface area is 164 Å². The van der Waals surface area contributed by atoms with Gasteiger partial charge in [-0.25, -0.2) is 18.1 Å². The van der Waals surface area contributed by atoms with Crippen LogP contribution >= 0.6 is 11.3 Å². The molecule has 1 aromatic heterocycles. The highest BCUT2D eigenvalue weighted by Crippen LogP contribution is 2.26. The Morgan fingerprint density at radius 1 is 1.22 bits per heavy atom. The van der Waals surface area contributed by atoms with Crippen LogP contribution in [0, 0.1) is 5.92 Å². The zero-order valence-corrected chi connectivity index (χ0v) is 17.5. The van der Waals surface area contributed by atoms with Crippen LogP contribution < -0.4 is 5.32 Å². The van der Waals surface area contributed by atoms with E-state index in [-0.39, 0.29) is 24.5 Å². The summed E-state index contributed by atoms with van der Waals surface area (Å²) >= 11 is 1.21. The minimum atomic E-state index is -3.46. The van der Waals surface area contributed by atoms with E-state index in [1.807, 2.05) is 18.7 Å². The lowest BCUT2D eigenvalue weighted by molar-refractivity contribution is -0.133. The molecule has 150 valence electrons. The van der Waals surface area contributed by atoms with Crippen LogP contribution in [0.1, 0.15) is 27.2 Å². The number of carbonyl (C=O) groups is 2. The summed E-state index contributed by atoms with van der Waals surface area (Å²) in [6.45, 7) is 7.61. The fourth-order valence-corrected chi connectivity index (χ4v) is 6.25. The van der Waals surface area contributed by atoms with E-state index < -0.39 is 15.6 Å². The lowest BCUT2D eigenvalue weighted by atomic mass is 9.91. The maximum absolute atomic E-state index is 12.7. The molecule has 8 nitrogen and oxygen atoms in total. The number of urea groups is 1. The number of thiophene rings is 1. The van der Waals surface area contributed by atoms with Gasteiger partial charge in [-0.3, -0.25) is 9.69 Å². The summed E-state index contributed by atoms with van der Waals surface area (Å²) in [5, 5.41) is 4.55. The first kappa shape index (κ1) is 20.2. The molecule has 2 fully saturated rings. The molecule has 0 aliphatic carbocycles. The molecule has 0 radical (unpaired) electrons. The molecular weight excluding hydrogens is 388 g/mol. The Balaban J connectivity index is 1.60. The second-order valence-corrected chi connectivity index (χ2v) is 10.8. The van der Waals surface area contributed by atoms with E-state index in [9.17, 15) is 18.0 Å². The third-order valence-corrected chi connectivity index (χ3v) is 8.20. The topological polar surface area (TPSA) is 90.0 Å². The average Bonchev–Trinajstić information content (AvgIpc) is 3.19. The number of nitrogens with zero attached hydrogens (tertiary/aromatic N) is 3. The number of hydrogen-bond donors (Lipinski definition) is 1. The molecule has 10 heteroatoms. The molecule has 0 aromatic carbocycles. The molecule has 2 aliphatic rings. The summed E-state index contributed by atoms with van der Waals surface area (Å²) in [5.41, 5.74) is -0.865. The lowest BCUT2D eigenvalue weighted by Gasteiger charge is -2.35. The molecule has 2 aliphatic heterocycles. The van der Waals surface area contributed by atoms with Crippen LogP contribution in [0.4, 0.5) is 4.79 Å². The quantitative estimate of drug-likeness (QED) is 0.710. The van der Waals surface area contributed by atoms with Gasteiger partial charge >= 0.3 is 6.03 Å². The van der Waals surface area contributed by atoms with Crippen LogP contribution in [-0.2, 0) is 14.8 Å². The van der Waals surface area contributed by atoms with Gasteiger partial charge in [-0.1, -0.05) is 19.9 Å². The molecule has 0 saturated carbocycles. The van der Waals surface area contributed by atoms with Gasteiger partial charge < -0.3 is 5.32 Å². The standard InChI is InChI=1S/C17H26N4O4S2/c1-13(2)11-17(3)15(22)21(16(23)18-17)12-19-6-8-20(9-7-19)27(24,25)14-5-4-10-26-14/h4-5,10,13H,6-9,11-12H2,1-3H3,(H,18,23). The number of piperazine rings is 1. The van der Waals surface area contributed by atoms with Gasteiger partial charge in [0.25, 0.3) is 15.9 Å². The molecular formula is C17H26N4O4S2. The van der Waals surface area contributed by atoms with E-state index in [1.54, 1.807) is 24.4 Å². The maximum atomic E-state index is 12.7. The molecule has 3 heterocycles. The van der Waals surface area contributed by atoms with Gasteiger partial charge in [0.1, 0.15) is 9.75 Å². The first-order valence-electron chi connectivity index (χ1n) is 9.03. The predicted octanol–water partition coefficient (Wildman–Crippen LogP) is 1.37. The van der Waals surface area contributed by atoms with Gasteiger partial charge in [-0.05, 0) is 30.7 Å². The third kappa shape index (κ3) is 4.03. The van der Waals surface area contributed by atoms with E-state index in [0.29, 0.717) is 36.8 Å². The molecule has 1 atom stereocenters. The van der Waals surface area contributed by atoms with Crippen molar-refractivity contribution < 1.29 is 18.0 Å². The van der Waals surface area contributed by atoms with E-state index >= 15 is 0 Å². The van der Waals surface area contributed by atoms with Crippen LogP contribution in [0.3, 0.4) is 0 Å². The van der Waals surface area contributed by atoms with Crippen molar-refractivity contribution in [1.29, 1.82) is 0 Å². The molecule has 3 rings (SSSR count). The van der Waals surface area contributed by atoms with Gasteiger partial charge in [-0.2, -0.15) is 4.31 Å². The van der Waals surface area contributed by atoms with Crippen molar-refractivity contribution in [1.82, 2.24) is 19.4 Å². The van der Waals surface area contributed by atoms with Gasteiger partial charge in [0.2, 0.25) is 0 Å². The number of imide groups is 1. The second-order valence-electron chi connectivity index (χ2n) is 7.69. The Bertz CT molecular complexity index is 801. The average molecular weight is 415 g/mol. The number of rotatable bonds is 6. The SMILES string of the molecule is CC(C)CC1(C)NC(=O)N(CN2CCN(S(=O)(=O)c3cccs3)CC2)C1=O. The zero-order valence-electron chi connectivity index (χ0n) is 15.8. The summed E-state index contributed by atoms with van der Waals surface area (Å²) in [6.07, 6.45) is 0.584. The number of hydrogen-bond acceptors (Lipinski definition) is 6. The minimum Gasteiger partial charge on any atom is -0.323 e. The van der Waals surface area contributed by atoms with Crippen molar-refractivity contribution in [2.24, 2.45) is 5.92 Å². The lowest BCUT2D eigenvalue weighted by Crippen LogP contribution is -2.52. The van der Waals surface area contributed by atoms with Gasteiger partial charge in [0, 0.05) is 26.2 Å².